The van der Waals surface area contributed by atoms with Gasteiger partial charge in [0.05, 0.1) is 11.7 Å². The Bertz CT molecular complexity index is 784. The van der Waals surface area contributed by atoms with Gasteiger partial charge in [0.2, 0.25) is 0 Å². The van der Waals surface area contributed by atoms with Crippen LogP contribution in [0.1, 0.15) is 18.9 Å². The van der Waals surface area contributed by atoms with Gasteiger partial charge in [-0.15, -0.1) is 0 Å². The minimum atomic E-state index is 0.839. The van der Waals surface area contributed by atoms with Gasteiger partial charge in [0.25, 0.3) is 0 Å². The molecule has 0 unspecified atom stereocenters. The van der Waals surface area contributed by atoms with Gasteiger partial charge in [-0.1, -0.05) is 23.9 Å². The summed E-state index contributed by atoms with van der Waals surface area (Å²) in [7, 11) is 1.95. The molecule has 0 radical (unpaired) electrons. The van der Waals surface area contributed by atoms with Crippen molar-refractivity contribution in [2.75, 3.05) is 17.6 Å². The molecule has 23 heavy (non-hydrogen) atoms. The highest BCUT2D eigenvalue weighted by Gasteiger charge is 2.07. The molecule has 0 bridgehead atoms. The van der Waals surface area contributed by atoms with Crippen molar-refractivity contribution in [3.8, 4) is 0 Å². The standard InChI is InChI=1S/C17H21N5S/c1-3-18-16-14-8-4-5-9-15(14)20-17(21-16)23-10-6-7-13-11-19-22(2)12-13/h4-5,8-9,11-12H,3,6-7,10H2,1-2H3,(H,18,20,21). The number of hydrogen-bond donors (Lipinski definition) is 1. The molecule has 0 spiro atoms. The summed E-state index contributed by atoms with van der Waals surface area (Å²) in [5.41, 5.74) is 2.27. The van der Waals surface area contributed by atoms with Crippen molar-refractivity contribution in [1.82, 2.24) is 19.7 Å². The SMILES string of the molecule is CCNc1nc(SCCCc2cnn(C)c2)nc2ccccc12. The highest BCUT2D eigenvalue weighted by Crippen LogP contribution is 2.24. The van der Waals surface area contributed by atoms with Gasteiger partial charge in [-0.3, -0.25) is 4.68 Å². The average Bonchev–Trinajstić information content (AvgIpc) is 2.97. The first-order valence-electron chi connectivity index (χ1n) is 7.87. The number of rotatable bonds is 7. The maximum Gasteiger partial charge on any atom is 0.190 e. The maximum absolute atomic E-state index is 4.66. The molecule has 0 fully saturated rings. The molecule has 0 aliphatic heterocycles. The number of aryl methyl sites for hydroxylation is 2. The van der Waals surface area contributed by atoms with Crippen LogP contribution in [0.2, 0.25) is 0 Å². The number of fused-ring (bicyclic) bond motifs is 1. The third-order valence-corrected chi connectivity index (χ3v) is 4.46. The summed E-state index contributed by atoms with van der Waals surface area (Å²) in [6.45, 7) is 2.93. The number of aromatic nitrogens is 4. The molecule has 2 heterocycles. The molecule has 3 rings (SSSR count). The minimum absolute atomic E-state index is 0.839. The molecule has 2 aromatic heterocycles. The largest absolute Gasteiger partial charge is 0.370 e. The van der Waals surface area contributed by atoms with E-state index in [-0.39, 0.29) is 0 Å². The van der Waals surface area contributed by atoms with Gasteiger partial charge in [-0.25, -0.2) is 9.97 Å². The molecule has 3 aromatic rings. The molecule has 0 atom stereocenters. The molecule has 1 aromatic carbocycles. The Morgan fingerprint density at radius 2 is 2.09 bits per heavy atom. The lowest BCUT2D eigenvalue weighted by Gasteiger charge is -2.09. The first kappa shape index (κ1) is 15.8. The first-order valence-corrected chi connectivity index (χ1v) is 8.86. The summed E-state index contributed by atoms with van der Waals surface area (Å²) in [5.74, 6) is 1.92. The van der Waals surface area contributed by atoms with Gasteiger partial charge >= 0.3 is 0 Å². The Kier molecular flexibility index (Phi) is 5.12. The Morgan fingerprint density at radius 3 is 2.87 bits per heavy atom. The molecule has 0 saturated carbocycles. The predicted molar refractivity (Wildman–Crippen MR) is 96.0 cm³/mol. The van der Waals surface area contributed by atoms with Gasteiger partial charge in [0.15, 0.2) is 5.16 Å². The maximum atomic E-state index is 4.66. The topological polar surface area (TPSA) is 55.6 Å². The van der Waals surface area contributed by atoms with Crippen LogP contribution in [0, 0.1) is 0 Å². The lowest BCUT2D eigenvalue weighted by molar-refractivity contribution is 0.766. The molecule has 0 aliphatic rings. The number of nitrogens with zero attached hydrogens (tertiary/aromatic N) is 4. The van der Waals surface area contributed by atoms with Crippen molar-refractivity contribution >= 4 is 28.5 Å². The number of benzene rings is 1. The van der Waals surface area contributed by atoms with Gasteiger partial charge < -0.3 is 5.32 Å². The van der Waals surface area contributed by atoms with Crippen molar-refractivity contribution in [3.63, 3.8) is 0 Å². The van der Waals surface area contributed by atoms with Gasteiger partial charge in [0.1, 0.15) is 5.82 Å². The van der Waals surface area contributed by atoms with E-state index in [0.717, 1.165) is 47.0 Å². The van der Waals surface area contributed by atoms with Gasteiger partial charge in [-0.2, -0.15) is 5.10 Å². The third kappa shape index (κ3) is 4.01. The van der Waals surface area contributed by atoms with Crippen LogP contribution >= 0.6 is 11.8 Å². The number of anilines is 1. The number of nitrogens with one attached hydrogen (secondary N) is 1. The highest BCUT2D eigenvalue weighted by atomic mass is 32.2. The third-order valence-electron chi connectivity index (χ3n) is 3.53. The molecule has 0 saturated heterocycles. The van der Waals surface area contributed by atoms with E-state index in [0.29, 0.717) is 0 Å². The minimum Gasteiger partial charge on any atom is -0.370 e. The van der Waals surface area contributed by atoms with Crippen molar-refractivity contribution in [2.24, 2.45) is 7.05 Å². The van der Waals surface area contributed by atoms with Crippen LogP contribution in [-0.2, 0) is 13.5 Å². The molecule has 1 N–H and O–H groups in total. The summed E-state index contributed by atoms with van der Waals surface area (Å²) in [6, 6.07) is 8.14. The van der Waals surface area contributed by atoms with Crippen LogP contribution in [0.3, 0.4) is 0 Å². The van der Waals surface area contributed by atoms with E-state index < -0.39 is 0 Å². The molecular weight excluding hydrogens is 306 g/mol. The second-order valence-corrected chi connectivity index (χ2v) is 6.44. The van der Waals surface area contributed by atoms with Gasteiger partial charge in [0, 0.05) is 30.9 Å². The number of para-hydroxylation sites is 1. The fourth-order valence-electron chi connectivity index (χ4n) is 2.46. The van der Waals surface area contributed by atoms with Crippen molar-refractivity contribution in [2.45, 2.75) is 24.9 Å². The van der Waals surface area contributed by atoms with Crippen LogP contribution in [0.4, 0.5) is 5.82 Å². The van der Waals surface area contributed by atoms with E-state index in [2.05, 4.69) is 39.6 Å². The zero-order valence-corrected chi connectivity index (χ0v) is 14.3. The molecule has 6 heteroatoms. The Labute approximate surface area is 140 Å². The quantitative estimate of drug-likeness (QED) is 0.409. The Hall–Kier alpha value is -2.08. The molecule has 120 valence electrons. The van der Waals surface area contributed by atoms with Gasteiger partial charge in [-0.05, 0) is 37.5 Å². The van der Waals surface area contributed by atoms with Crippen LogP contribution in [0.15, 0.2) is 41.8 Å². The molecule has 5 nitrogen and oxygen atoms in total. The fourth-order valence-corrected chi connectivity index (χ4v) is 3.25. The summed E-state index contributed by atoms with van der Waals surface area (Å²) >= 11 is 1.71. The fraction of sp³-hybridized carbons (Fsp3) is 0.353. The molecule has 0 amide bonds. The zero-order chi connectivity index (χ0) is 16.1. The van der Waals surface area contributed by atoms with Crippen molar-refractivity contribution < 1.29 is 0 Å². The summed E-state index contributed by atoms with van der Waals surface area (Å²) in [4.78, 5) is 9.33. The monoisotopic (exact) mass is 327 g/mol. The summed E-state index contributed by atoms with van der Waals surface area (Å²) in [6.07, 6.45) is 6.12. The summed E-state index contributed by atoms with van der Waals surface area (Å²) < 4.78 is 1.84. The Balaban J connectivity index is 1.65. The van der Waals surface area contributed by atoms with Crippen LogP contribution in [0.25, 0.3) is 10.9 Å². The Morgan fingerprint density at radius 1 is 1.22 bits per heavy atom. The van der Waals surface area contributed by atoms with Crippen molar-refractivity contribution in [1.29, 1.82) is 0 Å². The average molecular weight is 327 g/mol. The van der Waals surface area contributed by atoms with Crippen LogP contribution < -0.4 is 5.32 Å². The number of hydrogen-bond acceptors (Lipinski definition) is 5. The van der Waals surface area contributed by atoms with E-state index in [9.17, 15) is 0 Å². The molecule has 0 aliphatic carbocycles. The van der Waals surface area contributed by atoms with E-state index in [1.54, 1.807) is 11.8 Å². The van der Waals surface area contributed by atoms with Crippen LogP contribution in [0.5, 0.6) is 0 Å². The second-order valence-electron chi connectivity index (χ2n) is 5.38. The van der Waals surface area contributed by atoms with E-state index in [1.807, 2.05) is 36.1 Å². The van der Waals surface area contributed by atoms with Crippen molar-refractivity contribution in [3.05, 3.63) is 42.2 Å². The lowest BCUT2D eigenvalue weighted by atomic mass is 10.2. The van der Waals surface area contributed by atoms with E-state index in [4.69, 9.17) is 0 Å². The lowest BCUT2D eigenvalue weighted by Crippen LogP contribution is -2.02. The molecular formula is C17H21N5S. The summed E-state index contributed by atoms with van der Waals surface area (Å²) in [5, 5.41) is 9.45. The zero-order valence-electron chi connectivity index (χ0n) is 13.5. The first-order chi connectivity index (χ1) is 11.3. The smallest absolute Gasteiger partial charge is 0.190 e. The predicted octanol–water partition coefficient (Wildman–Crippen LogP) is 3.52. The number of thioether (sulfide) groups is 1. The van der Waals surface area contributed by atoms with Crippen LogP contribution in [-0.4, -0.2) is 32.0 Å². The second kappa shape index (κ2) is 7.46. The van der Waals surface area contributed by atoms with E-state index >= 15 is 0 Å². The van der Waals surface area contributed by atoms with E-state index in [1.165, 1.54) is 5.56 Å². The highest BCUT2D eigenvalue weighted by molar-refractivity contribution is 7.99. The normalized spacial score (nSPS) is 11.0.